The van der Waals surface area contributed by atoms with Gasteiger partial charge in [0, 0.05) is 25.2 Å². The first-order chi connectivity index (χ1) is 7.55. The largest absolute Gasteiger partial charge is 0.353 e. The van der Waals surface area contributed by atoms with Crippen LogP contribution in [-0.2, 0) is 19.5 Å². The second-order valence-corrected chi connectivity index (χ2v) is 4.80. The highest BCUT2D eigenvalue weighted by Crippen LogP contribution is 2.04. The fraction of sp³-hybridized carbons (Fsp3) is 0.800. The standard InChI is InChI=1S/C10H21NO4S/c1-4-14-10(15-5-2)8-7-9-11-16(12,13)6-3/h6,10-11H,3-5,7-9H2,1-2H3. The van der Waals surface area contributed by atoms with Crippen molar-refractivity contribution < 1.29 is 17.9 Å². The molecule has 0 saturated heterocycles. The molecule has 0 aliphatic rings. The summed E-state index contributed by atoms with van der Waals surface area (Å²) in [6.07, 6.45) is 1.09. The molecular formula is C10H21NO4S. The van der Waals surface area contributed by atoms with Crippen LogP contribution >= 0.6 is 0 Å². The van der Waals surface area contributed by atoms with E-state index in [1.165, 1.54) is 0 Å². The minimum absolute atomic E-state index is 0.247. The Morgan fingerprint density at radius 3 is 2.31 bits per heavy atom. The van der Waals surface area contributed by atoms with Gasteiger partial charge in [0.05, 0.1) is 0 Å². The van der Waals surface area contributed by atoms with Crippen molar-refractivity contribution in [2.24, 2.45) is 0 Å². The average Bonchev–Trinajstić information content (AvgIpc) is 2.25. The first kappa shape index (κ1) is 15.6. The molecule has 6 heteroatoms. The van der Waals surface area contributed by atoms with Crippen molar-refractivity contribution in [1.82, 2.24) is 4.72 Å². The summed E-state index contributed by atoms with van der Waals surface area (Å²) in [5.41, 5.74) is 0. The molecule has 0 aromatic heterocycles. The van der Waals surface area contributed by atoms with Crippen LogP contribution in [0.25, 0.3) is 0 Å². The van der Waals surface area contributed by atoms with Crippen molar-refractivity contribution in [2.45, 2.75) is 33.0 Å². The second kappa shape index (κ2) is 8.69. The highest BCUT2D eigenvalue weighted by atomic mass is 32.2. The molecule has 0 atom stereocenters. The minimum Gasteiger partial charge on any atom is -0.353 e. The quantitative estimate of drug-likeness (QED) is 0.468. The van der Waals surface area contributed by atoms with Crippen LogP contribution in [0.5, 0.6) is 0 Å². The van der Waals surface area contributed by atoms with E-state index in [9.17, 15) is 8.42 Å². The maximum Gasteiger partial charge on any atom is 0.233 e. The third kappa shape index (κ3) is 7.81. The molecule has 16 heavy (non-hydrogen) atoms. The van der Waals surface area contributed by atoms with Crippen molar-refractivity contribution in [2.75, 3.05) is 19.8 Å². The van der Waals surface area contributed by atoms with Crippen LogP contribution in [0.3, 0.4) is 0 Å². The fourth-order valence-electron chi connectivity index (χ4n) is 1.13. The lowest BCUT2D eigenvalue weighted by Gasteiger charge is -2.16. The first-order valence-corrected chi connectivity index (χ1v) is 6.95. The molecular weight excluding hydrogens is 230 g/mol. The van der Waals surface area contributed by atoms with Crippen LogP contribution < -0.4 is 4.72 Å². The van der Waals surface area contributed by atoms with Crippen LogP contribution in [0.4, 0.5) is 0 Å². The van der Waals surface area contributed by atoms with E-state index < -0.39 is 10.0 Å². The maximum atomic E-state index is 11.0. The van der Waals surface area contributed by atoms with Crippen LogP contribution in [0.2, 0.25) is 0 Å². The lowest BCUT2D eigenvalue weighted by atomic mass is 10.3. The van der Waals surface area contributed by atoms with Gasteiger partial charge in [-0.1, -0.05) is 6.58 Å². The summed E-state index contributed by atoms with van der Waals surface area (Å²) in [5, 5.41) is 0.898. The molecule has 0 aliphatic carbocycles. The van der Waals surface area contributed by atoms with Gasteiger partial charge in [0.1, 0.15) is 0 Å². The molecule has 0 saturated carbocycles. The highest BCUT2D eigenvalue weighted by molar-refractivity contribution is 7.92. The number of rotatable bonds is 10. The molecule has 96 valence electrons. The summed E-state index contributed by atoms with van der Waals surface area (Å²) >= 11 is 0. The Balaban J connectivity index is 3.73. The number of ether oxygens (including phenoxy) is 2. The molecule has 0 radical (unpaired) electrons. The molecule has 0 spiro atoms. The lowest BCUT2D eigenvalue weighted by molar-refractivity contribution is -0.139. The van der Waals surface area contributed by atoms with Gasteiger partial charge >= 0.3 is 0 Å². The molecule has 0 aromatic rings. The number of hydrogen-bond donors (Lipinski definition) is 1. The second-order valence-electron chi connectivity index (χ2n) is 3.09. The molecule has 0 aliphatic heterocycles. The maximum absolute atomic E-state index is 11.0. The number of nitrogens with one attached hydrogen (secondary N) is 1. The number of hydrogen-bond acceptors (Lipinski definition) is 4. The Hall–Kier alpha value is -0.430. The van der Waals surface area contributed by atoms with E-state index >= 15 is 0 Å². The zero-order valence-corrected chi connectivity index (χ0v) is 10.8. The van der Waals surface area contributed by atoms with Crippen LogP contribution in [0.1, 0.15) is 26.7 Å². The average molecular weight is 251 g/mol. The third-order valence-corrected chi connectivity index (χ3v) is 2.89. The predicted octanol–water partition coefficient (Wildman–Crippen LogP) is 1.23. The van der Waals surface area contributed by atoms with Gasteiger partial charge in [-0.25, -0.2) is 13.1 Å². The smallest absolute Gasteiger partial charge is 0.233 e. The van der Waals surface area contributed by atoms with Gasteiger partial charge < -0.3 is 9.47 Å². The van der Waals surface area contributed by atoms with E-state index in [1.54, 1.807) is 0 Å². The molecule has 0 rings (SSSR count). The van der Waals surface area contributed by atoms with E-state index in [1.807, 2.05) is 13.8 Å². The Bertz CT molecular complexity index is 271. The van der Waals surface area contributed by atoms with Gasteiger partial charge in [-0.15, -0.1) is 0 Å². The normalized spacial score (nSPS) is 11.9. The van der Waals surface area contributed by atoms with Crippen molar-refractivity contribution in [1.29, 1.82) is 0 Å². The summed E-state index contributed by atoms with van der Waals surface area (Å²) in [5.74, 6) is 0. The SMILES string of the molecule is C=CS(=O)(=O)NCCCC(OCC)OCC. The molecule has 0 heterocycles. The summed E-state index contributed by atoms with van der Waals surface area (Å²) in [7, 11) is -3.31. The highest BCUT2D eigenvalue weighted by Gasteiger charge is 2.08. The molecule has 0 unspecified atom stereocenters. The molecule has 0 bridgehead atoms. The zero-order valence-electron chi connectivity index (χ0n) is 9.94. The molecule has 0 aromatic carbocycles. The van der Waals surface area contributed by atoms with E-state index in [0.29, 0.717) is 32.6 Å². The van der Waals surface area contributed by atoms with Crippen LogP contribution in [0, 0.1) is 0 Å². The lowest BCUT2D eigenvalue weighted by Crippen LogP contribution is -2.24. The molecule has 1 N–H and O–H groups in total. The van der Waals surface area contributed by atoms with Gasteiger partial charge in [-0.2, -0.15) is 0 Å². The Kier molecular flexibility index (Phi) is 8.46. The van der Waals surface area contributed by atoms with Crippen molar-refractivity contribution in [3.63, 3.8) is 0 Å². The Labute approximate surface area is 97.9 Å². The van der Waals surface area contributed by atoms with Crippen LogP contribution in [0.15, 0.2) is 12.0 Å². The summed E-state index contributed by atoms with van der Waals surface area (Å²) < 4.78 is 35.0. The van der Waals surface area contributed by atoms with E-state index in [2.05, 4.69) is 11.3 Å². The molecule has 0 amide bonds. The zero-order chi connectivity index (χ0) is 12.4. The van der Waals surface area contributed by atoms with E-state index in [-0.39, 0.29) is 6.29 Å². The Morgan fingerprint density at radius 2 is 1.88 bits per heavy atom. The van der Waals surface area contributed by atoms with Crippen molar-refractivity contribution in [3.8, 4) is 0 Å². The monoisotopic (exact) mass is 251 g/mol. The summed E-state index contributed by atoms with van der Waals surface area (Å²) in [6.45, 7) is 8.53. The minimum atomic E-state index is -3.31. The van der Waals surface area contributed by atoms with Gasteiger partial charge in [0.25, 0.3) is 0 Å². The van der Waals surface area contributed by atoms with Gasteiger partial charge in [-0.05, 0) is 26.7 Å². The predicted molar refractivity (Wildman–Crippen MR) is 63.4 cm³/mol. The van der Waals surface area contributed by atoms with Gasteiger partial charge in [0.2, 0.25) is 10.0 Å². The summed E-state index contributed by atoms with van der Waals surface area (Å²) in [6, 6.07) is 0. The molecule has 0 fully saturated rings. The van der Waals surface area contributed by atoms with E-state index in [0.717, 1.165) is 5.41 Å². The topological polar surface area (TPSA) is 64.6 Å². The van der Waals surface area contributed by atoms with E-state index in [4.69, 9.17) is 9.47 Å². The van der Waals surface area contributed by atoms with Crippen molar-refractivity contribution >= 4 is 10.0 Å². The fourth-order valence-corrected chi connectivity index (χ4v) is 1.68. The van der Waals surface area contributed by atoms with Gasteiger partial charge in [0.15, 0.2) is 6.29 Å². The Morgan fingerprint density at radius 1 is 1.31 bits per heavy atom. The number of sulfonamides is 1. The third-order valence-electron chi connectivity index (χ3n) is 1.84. The summed E-state index contributed by atoms with van der Waals surface area (Å²) in [4.78, 5) is 0. The van der Waals surface area contributed by atoms with Crippen molar-refractivity contribution in [3.05, 3.63) is 12.0 Å². The van der Waals surface area contributed by atoms with Crippen LogP contribution in [-0.4, -0.2) is 34.5 Å². The van der Waals surface area contributed by atoms with Gasteiger partial charge in [-0.3, -0.25) is 0 Å². The molecule has 5 nitrogen and oxygen atoms in total. The first-order valence-electron chi connectivity index (χ1n) is 5.41.